The zero-order chi connectivity index (χ0) is 60.5. The van der Waals surface area contributed by atoms with Crippen molar-refractivity contribution >= 4 is 39.5 Å². The molecule has 0 aromatic heterocycles. The molecule has 3 N–H and O–H groups in total. The summed E-state index contributed by atoms with van der Waals surface area (Å²) in [4.78, 5) is 71.8. The Bertz CT molecular complexity index is 1590. The van der Waals surface area contributed by atoms with E-state index < -0.39 is 97.5 Å². The van der Waals surface area contributed by atoms with Crippen molar-refractivity contribution < 1.29 is 80.2 Å². The number of ether oxygens (including phenoxy) is 4. The zero-order valence-electron chi connectivity index (χ0n) is 52.5. The first-order valence-electron chi connectivity index (χ1n) is 33.3. The van der Waals surface area contributed by atoms with Gasteiger partial charge in [0.05, 0.1) is 26.4 Å². The standard InChI is InChI=1S/C63H122O17P2/c1-5-9-13-17-21-23-24-25-26-27-28-29-30-31-32-34-38-42-46-50-63(68)80-59(54-74-61(66)48-44-40-37-33-22-18-14-10-6-2)56-78-82(71,72)76-52-57(64)51-75-81(69,70)77-55-58(79-62(67)49-45-41-36-20-16-12-8-4)53-73-60(65)47-43-39-35-19-15-11-7-3/h57-59,64H,5-56H2,1-4H3,(H,69,70)(H,71,72)/t57-,58+,59+/m0/s1. The lowest BCUT2D eigenvalue weighted by Crippen LogP contribution is -2.30. The summed E-state index contributed by atoms with van der Waals surface area (Å²) in [5.74, 6) is -2.14. The van der Waals surface area contributed by atoms with E-state index in [0.29, 0.717) is 25.7 Å². The Morgan fingerprint density at radius 1 is 0.293 bits per heavy atom. The number of aliphatic hydroxyl groups excluding tert-OH is 1. The monoisotopic (exact) mass is 1210 g/mol. The second-order valence-electron chi connectivity index (χ2n) is 22.8. The molecule has 486 valence electrons. The van der Waals surface area contributed by atoms with Crippen LogP contribution in [0.4, 0.5) is 0 Å². The molecule has 0 spiro atoms. The van der Waals surface area contributed by atoms with Crippen LogP contribution in [0.2, 0.25) is 0 Å². The minimum Gasteiger partial charge on any atom is -0.462 e. The fraction of sp³-hybridized carbons (Fsp3) is 0.937. The third kappa shape index (κ3) is 57.2. The summed E-state index contributed by atoms with van der Waals surface area (Å²) in [5, 5.41) is 10.5. The number of phosphoric ester groups is 2. The van der Waals surface area contributed by atoms with Gasteiger partial charge in [-0.25, -0.2) is 9.13 Å². The van der Waals surface area contributed by atoms with E-state index in [1.165, 1.54) is 128 Å². The van der Waals surface area contributed by atoms with Crippen molar-refractivity contribution in [1.29, 1.82) is 0 Å². The van der Waals surface area contributed by atoms with Crippen LogP contribution in [0.3, 0.4) is 0 Å². The maximum atomic E-state index is 13.0. The molecule has 0 amide bonds. The third-order valence-electron chi connectivity index (χ3n) is 14.6. The van der Waals surface area contributed by atoms with Crippen LogP contribution < -0.4 is 0 Å². The Kier molecular flexibility index (Phi) is 56.7. The molecule has 82 heavy (non-hydrogen) atoms. The van der Waals surface area contributed by atoms with Crippen LogP contribution in [0, 0.1) is 0 Å². The number of aliphatic hydroxyl groups is 1. The summed E-state index contributed by atoms with van der Waals surface area (Å²) in [7, 11) is -9.87. The van der Waals surface area contributed by atoms with Crippen molar-refractivity contribution in [3.8, 4) is 0 Å². The molecule has 0 aliphatic carbocycles. The van der Waals surface area contributed by atoms with Gasteiger partial charge < -0.3 is 33.8 Å². The van der Waals surface area contributed by atoms with Gasteiger partial charge in [-0.2, -0.15) is 0 Å². The summed E-state index contributed by atoms with van der Waals surface area (Å²) >= 11 is 0. The van der Waals surface area contributed by atoms with E-state index in [0.717, 1.165) is 116 Å². The average Bonchev–Trinajstić information content (AvgIpc) is 3.46. The van der Waals surface area contributed by atoms with Crippen LogP contribution in [0.25, 0.3) is 0 Å². The van der Waals surface area contributed by atoms with Gasteiger partial charge in [-0.15, -0.1) is 0 Å². The van der Waals surface area contributed by atoms with Gasteiger partial charge in [-0.05, 0) is 25.7 Å². The minimum absolute atomic E-state index is 0.104. The Morgan fingerprint density at radius 2 is 0.488 bits per heavy atom. The van der Waals surface area contributed by atoms with Gasteiger partial charge in [-0.1, -0.05) is 272 Å². The van der Waals surface area contributed by atoms with Crippen LogP contribution >= 0.6 is 15.6 Å². The first-order valence-corrected chi connectivity index (χ1v) is 36.3. The number of carbonyl (C=O) groups excluding carboxylic acids is 4. The quantitative estimate of drug-likeness (QED) is 0.0222. The average molecular weight is 1210 g/mol. The van der Waals surface area contributed by atoms with Crippen molar-refractivity contribution in [1.82, 2.24) is 0 Å². The molecule has 0 radical (unpaired) electrons. The van der Waals surface area contributed by atoms with Gasteiger partial charge in [-0.3, -0.25) is 37.3 Å². The Balaban J connectivity index is 5.09. The molecule has 19 heteroatoms. The van der Waals surface area contributed by atoms with Gasteiger partial charge in [0.25, 0.3) is 0 Å². The summed E-state index contributed by atoms with van der Waals surface area (Å²) < 4.78 is 67.7. The smallest absolute Gasteiger partial charge is 0.462 e. The first kappa shape index (κ1) is 80.1. The highest BCUT2D eigenvalue weighted by atomic mass is 31.2. The van der Waals surface area contributed by atoms with Gasteiger partial charge in [0.15, 0.2) is 12.2 Å². The second-order valence-corrected chi connectivity index (χ2v) is 25.7. The maximum Gasteiger partial charge on any atom is 0.472 e. The Hall–Kier alpha value is -1.94. The van der Waals surface area contributed by atoms with Crippen molar-refractivity contribution in [2.24, 2.45) is 0 Å². The maximum absolute atomic E-state index is 13.0. The summed E-state index contributed by atoms with van der Waals surface area (Å²) in [5.41, 5.74) is 0. The normalized spacial score (nSPS) is 14.2. The molecule has 17 nitrogen and oxygen atoms in total. The van der Waals surface area contributed by atoms with E-state index >= 15 is 0 Å². The predicted octanol–water partition coefficient (Wildman–Crippen LogP) is 17.5. The molecule has 0 saturated heterocycles. The van der Waals surface area contributed by atoms with Crippen LogP contribution in [0.5, 0.6) is 0 Å². The lowest BCUT2D eigenvalue weighted by Gasteiger charge is -2.21. The lowest BCUT2D eigenvalue weighted by atomic mass is 10.0. The van der Waals surface area contributed by atoms with Crippen molar-refractivity contribution in [2.45, 2.75) is 341 Å². The SMILES string of the molecule is CCCCCCCCCCCCCCCCCCCCCC(=O)O[C@H](COC(=O)CCCCCCCCCCC)COP(=O)(O)OC[C@@H](O)COP(=O)(O)OC[C@@H](COC(=O)CCCCCCCCC)OC(=O)CCCCCCCCC. The molecule has 0 aliphatic rings. The fourth-order valence-corrected chi connectivity index (χ4v) is 11.0. The van der Waals surface area contributed by atoms with E-state index in [1.54, 1.807) is 0 Å². The Morgan fingerprint density at radius 3 is 0.720 bits per heavy atom. The van der Waals surface area contributed by atoms with Crippen LogP contribution in [0.15, 0.2) is 0 Å². The van der Waals surface area contributed by atoms with Crippen molar-refractivity contribution in [2.75, 3.05) is 39.6 Å². The fourth-order valence-electron chi connectivity index (χ4n) is 9.46. The largest absolute Gasteiger partial charge is 0.472 e. The zero-order valence-corrected chi connectivity index (χ0v) is 54.2. The molecule has 0 fully saturated rings. The summed E-state index contributed by atoms with van der Waals surface area (Å²) in [6.07, 6.45) is 43.5. The number of esters is 4. The highest BCUT2D eigenvalue weighted by Gasteiger charge is 2.30. The van der Waals surface area contributed by atoms with Gasteiger partial charge in [0.2, 0.25) is 0 Å². The molecular formula is C63H122O17P2. The van der Waals surface area contributed by atoms with Crippen LogP contribution in [-0.2, 0) is 65.4 Å². The number of hydrogen-bond donors (Lipinski definition) is 3. The number of phosphoric acid groups is 2. The third-order valence-corrected chi connectivity index (χ3v) is 16.5. The number of carbonyl (C=O) groups is 4. The van der Waals surface area contributed by atoms with Crippen molar-refractivity contribution in [3.63, 3.8) is 0 Å². The van der Waals surface area contributed by atoms with E-state index in [1.807, 2.05) is 0 Å². The van der Waals surface area contributed by atoms with E-state index in [-0.39, 0.29) is 25.7 Å². The molecule has 0 rings (SSSR count). The van der Waals surface area contributed by atoms with Crippen molar-refractivity contribution in [3.05, 3.63) is 0 Å². The molecule has 2 unspecified atom stereocenters. The van der Waals surface area contributed by atoms with E-state index in [4.69, 9.17) is 37.0 Å². The summed E-state index contributed by atoms with van der Waals surface area (Å²) in [6.45, 7) is 4.79. The van der Waals surface area contributed by atoms with Crippen LogP contribution in [0.1, 0.15) is 323 Å². The molecule has 0 saturated carbocycles. The number of unbranched alkanes of at least 4 members (excludes halogenated alkanes) is 38. The number of rotatable bonds is 64. The van der Waals surface area contributed by atoms with Gasteiger partial charge in [0, 0.05) is 25.7 Å². The molecule has 0 aliphatic heterocycles. The molecular weight excluding hydrogens is 1090 g/mol. The van der Waals surface area contributed by atoms with E-state index in [2.05, 4.69) is 27.7 Å². The highest BCUT2D eigenvalue weighted by Crippen LogP contribution is 2.45. The molecule has 0 aromatic rings. The van der Waals surface area contributed by atoms with Crippen LogP contribution in [-0.4, -0.2) is 96.7 Å². The second kappa shape index (κ2) is 58.1. The molecule has 0 heterocycles. The Labute approximate surface area is 498 Å². The van der Waals surface area contributed by atoms with Gasteiger partial charge in [0.1, 0.15) is 19.3 Å². The van der Waals surface area contributed by atoms with E-state index in [9.17, 15) is 43.2 Å². The molecule has 0 aromatic carbocycles. The minimum atomic E-state index is -4.94. The lowest BCUT2D eigenvalue weighted by molar-refractivity contribution is -0.161. The molecule has 5 atom stereocenters. The topological polar surface area (TPSA) is 237 Å². The predicted molar refractivity (Wildman–Crippen MR) is 326 cm³/mol. The first-order chi connectivity index (χ1) is 39.7. The highest BCUT2D eigenvalue weighted by molar-refractivity contribution is 7.47. The summed E-state index contributed by atoms with van der Waals surface area (Å²) in [6, 6.07) is 0. The number of hydrogen-bond acceptors (Lipinski definition) is 15. The molecule has 0 bridgehead atoms. The van der Waals surface area contributed by atoms with Gasteiger partial charge >= 0.3 is 39.5 Å².